The van der Waals surface area contributed by atoms with E-state index in [1.807, 2.05) is 26.8 Å². The molecule has 0 aromatic rings. The summed E-state index contributed by atoms with van der Waals surface area (Å²) in [5.41, 5.74) is -4.04. The van der Waals surface area contributed by atoms with Crippen molar-refractivity contribution < 1.29 is 159 Å². The van der Waals surface area contributed by atoms with Crippen LogP contribution in [0.4, 0.5) is 0 Å². The summed E-state index contributed by atoms with van der Waals surface area (Å²) in [7, 11) is 0. The molecule has 19 N–H and O–H groups in total. The zero-order chi connectivity index (χ0) is 71.1. The molecule has 560 valence electrons. The van der Waals surface area contributed by atoms with Crippen molar-refractivity contribution in [3.63, 3.8) is 0 Å². The number of carbonyl (C=O) groups excluding carboxylic acids is 1. The highest BCUT2D eigenvalue weighted by atomic mass is 16.8. The van der Waals surface area contributed by atoms with Crippen LogP contribution in [0.25, 0.3) is 0 Å². The molecule has 0 spiro atoms. The number of hydrogen-bond acceptors (Lipinski definition) is 32. The van der Waals surface area contributed by atoms with Crippen molar-refractivity contribution in [3.8, 4) is 0 Å². The Hall–Kier alpha value is -1.99. The lowest BCUT2D eigenvalue weighted by Gasteiger charge is -2.70. The summed E-state index contributed by atoms with van der Waals surface area (Å²) < 4.78 is 72.5. The standard InChI is InChI=1S/C65H108O32/c1-25(2)10-9-16-65(85,60(84)97-58-52(95-57-50(83)45(78)40(73)31(20-66)90-57)46(79)41(74)33(92-58)23-87-54-48(81)43(76)37(70)26(3)88-54)29-13-18-63(7)28(29)11-12-35-61(5)17-15-36(62(6,24-68)34(61)14-19-64(35,63)8)93-59-53(96-56-49(82)44(77)38(71)27(4)89-56)51(42(75)32(21-67)91-59)94-55-47(80)39(72)30(69)22-86-55/h10,26-59,66-83,85H,9,11-24H2,1-8H3. The van der Waals surface area contributed by atoms with E-state index < -0.39 is 256 Å². The van der Waals surface area contributed by atoms with Gasteiger partial charge in [-0.2, -0.15) is 0 Å². The smallest absolute Gasteiger partial charge is 0.340 e. The van der Waals surface area contributed by atoms with Gasteiger partial charge in [-0.1, -0.05) is 39.3 Å². The lowest BCUT2D eigenvalue weighted by molar-refractivity contribution is -0.395. The van der Waals surface area contributed by atoms with Gasteiger partial charge in [0.2, 0.25) is 6.29 Å². The van der Waals surface area contributed by atoms with Gasteiger partial charge >= 0.3 is 5.97 Å². The van der Waals surface area contributed by atoms with Gasteiger partial charge in [0.05, 0.1) is 51.3 Å². The van der Waals surface area contributed by atoms with Gasteiger partial charge in [-0.25, -0.2) is 4.79 Å². The first-order valence-electron chi connectivity index (χ1n) is 34.3. The number of esters is 1. The van der Waals surface area contributed by atoms with Crippen LogP contribution < -0.4 is 0 Å². The summed E-state index contributed by atoms with van der Waals surface area (Å²) in [6.07, 6.45) is -44.7. The third-order valence-electron chi connectivity index (χ3n) is 24.7. The number of hydrogen-bond donors (Lipinski definition) is 19. The maximum Gasteiger partial charge on any atom is 0.340 e. The molecule has 39 unspecified atom stereocenters. The van der Waals surface area contributed by atoms with E-state index in [9.17, 15) is 97.0 Å². The zero-order valence-electron chi connectivity index (χ0n) is 56.1. The van der Waals surface area contributed by atoms with Crippen molar-refractivity contribution in [3.05, 3.63) is 11.6 Å². The summed E-state index contributed by atoms with van der Waals surface area (Å²) in [5.74, 6) is -2.60. The van der Waals surface area contributed by atoms with Gasteiger partial charge in [-0.15, -0.1) is 0 Å². The maximum atomic E-state index is 15.5. The monoisotopic (exact) mass is 1400 g/mol. The minimum Gasteiger partial charge on any atom is -0.431 e. The fourth-order valence-corrected chi connectivity index (χ4v) is 18.7. The predicted molar refractivity (Wildman–Crippen MR) is 324 cm³/mol. The average Bonchev–Trinajstić information content (AvgIpc) is 1.67. The first-order valence-corrected chi connectivity index (χ1v) is 34.3. The van der Waals surface area contributed by atoms with Crippen LogP contribution in [0.15, 0.2) is 11.6 Å². The van der Waals surface area contributed by atoms with Crippen molar-refractivity contribution >= 4 is 5.97 Å². The van der Waals surface area contributed by atoms with Crippen LogP contribution in [-0.2, 0) is 61.6 Å². The highest BCUT2D eigenvalue weighted by Crippen LogP contribution is 2.76. The van der Waals surface area contributed by atoms with Gasteiger partial charge in [-0.3, -0.25) is 0 Å². The molecule has 0 bridgehead atoms. The summed E-state index contributed by atoms with van der Waals surface area (Å²) >= 11 is 0. The lowest BCUT2D eigenvalue weighted by atomic mass is 9.35. The lowest BCUT2D eigenvalue weighted by Crippen LogP contribution is -2.68. The molecule has 10 fully saturated rings. The minimum absolute atomic E-state index is 0.0332. The maximum absolute atomic E-state index is 15.5. The van der Waals surface area contributed by atoms with Crippen molar-refractivity contribution in [2.75, 3.05) is 33.0 Å². The molecule has 32 heteroatoms. The Kier molecular flexibility index (Phi) is 24.2. The zero-order valence-corrected chi connectivity index (χ0v) is 56.1. The molecule has 6 heterocycles. The molecule has 39 atom stereocenters. The Morgan fingerprint density at radius 3 is 1.67 bits per heavy atom. The number of rotatable bonds is 20. The molecule has 97 heavy (non-hydrogen) atoms. The summed E-state index contributed by atoms with van der Waals surface area (Å²) in [6.45, 7) is 11.9. The van der Waals surface area contributed by atoms with E-state index in [2.05, 4.69) is 20.8 Å². The summed E-state index contributed by atoms with van der Waals surface area (Å²) in [6, 6.07) is 0. The molecule has 4 aliphatic carbocycles. The van der Waals surface area contributed by atoms with Crippen molar-refractivity contribution in [2.24, 2.45) is 45.3 Å². The topological polar surface area (TPSA) is 512 Å². The van der Waals surface area contributed by atoms with Crippen LogP contribution in [0.2, 0.25) is 0 Å². The molecule has 10 aliphatic rings. The van der Waals surface area contributed by atoms with E-state index in [0.717, 1.165) is 5.57 Å². The van der Waals surface area contributed by atoms with E-state index in [-0.39, 0.29) is 30.6 Å². The van der Waals surface area contributed by atoms with Gasteiger partial charge in [0.1, 0.15) is 122 Å². The molecule has 0 radical (unpaired) electrons. The molecular weight excluding hydrogens is 1290 g/mol. The largest absolute Gasteiger partial charge is 0.431 e. The summed E-state index contributed by atoms with van der Waals surface area (Å²) in [5, 5.41) is 210. The Balaban J connectivity index is 0.911. The van der Waals surface area contributed by atoms with Crippen molar-refractivity contribution in [2.45, 2.75) is 309 Å². The number of carbonyl (C=O) groups is 1. The molecule has 0 aromatic carbocycles. The first-order chi connectivity index (χ1) is 45.6. The van der Waals surface area contributed by atoms with Gasteiger partial charge in [0.25, 0.3) is 0 Å². The van der Waals surface area contributed by atoms with E-state index in [1.54, 1.807) is 0 Å². The molecule has 10 rings (SSSR count). The number of aliphatic hydroxyl groups is 19. The van der Waals surface area contributed by atoms with Gasteiger partial charge < -0.3 is 154 Å². The fraction of sp³-hybridized carbons (Fsp3) is 0.954. The third kappa shape index (κ3) is 14.0. The Morgan fingerprint density at radius 2 is 1.04 bits per heavy atom. The SMILES string of the molecule is CC(C)=CCCC(O)(C(=O)OC1OC(COC2OC(C)C(O)C(O)C2O)C(O)C(O)C1OC1OC(CO)C(O)C(O)C1O)C1CCC2(C)C1CCC1C3(C)CCC(OC4OC(CO)C(O)C(OC5OCC(O)C(O)C5O)C4OC4OC(C)C(O)C(O)C4O)C(C)(CO)C3CCC12C. The third-order valence-corrected chi connectivity index (χ3v) is 24.7. The van der Waals surface area contributed by atoms with Crippen LogP contribution in [0.1, 0.15) is 120 Å². The van der Waals surface area contributed by atoms with Crippen LogP contribution >= 0.6 is 0 Å². The van der Waals surface area contributed by atoms with Crippen LogP contribution in [0.5, 0.6) is 0 Å². The molecular formula is C65H108O32. The number of ether oxygens (including phenoxy) is 12. The van der Waals surface area contributed by atoms with Crippen LogP contribution in [-0.4, -0.2) is 326 Å². The van der Waals surface area contributed by atoms with Gasteiger partial charge in [-0.05, 0) is 126 Å². The quantitative estimate of drug-likeness (QED) is 0.0307. The molecule has 6 saturated heterocycles. The van der Waals surface area contributed by atoms with E-state index >= 15 is 4.79 Å². The van der Waals surface area contributed by atoms with Gasteiger partial charge in [0, 0.05) is 11.3 Å². The second-order valence-corrected chi connectivity index (χ2v) is 30.5. The van der Waals surface area contributed by atoms with Crippen LogP contribution in [0, 0.1) is 45.3 Å². The first kappa shape index (κ1) is 77.6. The normalized spacial score (nSPS) is 53.2. The van der Waals surface area contributed by atoms with E-state index in [4.69, 9.17) is 56.8 Å². The van der Waals surface area contributed by atoms with Crippen LogP contribution in [0.3, 0.4) is 0 Å². The molecule has 6 aliphatic heterocycles. The highest BCUT2D eigenvalue weighted by Gasteiger charge is 2.72. The number of allylic oxidation sites excluding steroid dienone is 2. The van der Waals surface area contributed by atoms with E-state index in [0.29, 0.717) is 51.4 Å². The predicted octanol–water partition coefficient (Wildman–Crippen LogP) is -5.36. The minimum atomic E-state index is -2.30. The van der Waals surface area contributed by atoms with E-state index in [1.165, 1.54) is 13.8 Å². The Bertz CT molecular complexity index is 2650. The average molecular weight is 1400 g/mol. The molecule has 32 nitrogen and oxygen atoms in total. The molecule has 0 amide bonds. The Morgan fingerprint density at radius 1 is 0.505 bits per heavy atom. The van der Waals surface area contributed by atoms with Crippen molar-refractivity contribution in [1.82, 2.24) is 0 Å². The number of aliphatic hydroxyl groups excluding tert-OH is 18. The van der Waals surface area contributed by atoms with Crippen molar-refractivity contribution in [1.29, 1.82) is 0 Å². The summed E-state index contributed by atoms with van der Waals surface area (Å²) in [4.78, 5) is 15.5. The molecule has 0 aromatic heterocycles. The Labute approximate surface area is 562 Å². The number of fused-ring (bicyclic) bond motifs is 5. The fourth-order valence-electron chi connectivity index (χ4n) is 18.7. The second-order valence-electron chi connectivity index (χ2n) is 30.5. The second kappa shape index (κ2) is 30.2. The highest BCUT2D eigenvalue weighted by molar-refractivity contribution is 5.80. The molecule has 4 saturated carbocycles. The van der Waals surface area contributed by atoms with Gasteiger partial charge in [0.15, 0.2) is 43.2 Å².